The molecule has 0 aromatic heterocycles. The smallest absolute Gasteiger partial charge is 0.204 e. The number of hydrogen-bond acceptors (Lipinski definition) is 2. The van der Waals surface area contributed by atoms with Gasteiger partial charge >= 0.3 is 0 Å². The molecule has 0 saturated carbocycles. The third-order valence-electron chi connectivity index (χ3n) is 2.22. The number of nitrogens with zero attached hydrogens (tertiary/aromatic N) is 1. The van der Waals surface area contributed by atoms with Crippen molar-refractivity contribution in [1.29, 1.82) is 0 Å². The topological polar surface area (TPSA) is 46.5 Å². The van der Waals surface area contributed by atoms with E-state index in [1.807, 2.05) is 30.3 Å². The fourth-order valence-electron chi connectivity index (χ4n) is 1.05. The largest absolute Gasteiger partial charge is 0.258 e. The minimum atomic E-state index is -3.46. The second-order valence-electron chi connectivity index (χ2n) is 4.63. The quantitative estimate of drug-likeness (QED) is 0.745. The van der Waals surface area contributed by atoms with Crippen molar-refractivity contribution in [2.75, 3.05) is 0 Å². The average Bonchev–Trinajstić information content (AvgIpc) is 2.16. The van der Waals surface area contributed by atoms with Crippen LogP contribution in [0.25, 0.3) is 0 Å². The molecule has 3 nitrogen and oxygen atoms in total. The van der Waals surface area contributed by atoms with Gasteiger partial charge in [0.25, 0.3) is 10.0 Å². The number of sulfonamides is 1. The number of benzene rings is 1. The molecule has 0 aliphatic rings. The molecule has 0 atom stereocenters. The monoisotopic (exact) mass is 239 g/mol. The molecule has 0 saturated heterocycles. The second-order valence-corrected chi connectivity index (χ2v) is 6.99. The van der Waals surface area contributed by atoms with Crippen molar-refractivity contribution in [2.45, 2.75) is 32.4 Å². The van der Waals surface area contributed by atoms with E-state index in [9.17, 15) is 8.42 Å². The molecule has 1 rings (SSSR count). The van der Waals surface area contributed by atoms with Crippen LogP contribution in [0, 0.1) is 0 Å². The minimum absolute atomic E-state index is 0.524. The van der Waals surface area contributed by atoms with Crippen LogP contribution in [0.1, 0.15) is 33.3 Å². The molecule has 0 N–H and O–H groups in total. The lowest BCUT2D eigenvalue weighted by Gasteiger charge is -2.15. The Bertz CT molecular complexity index is 482. The first-order valence-corrected chi connectivity index (χ1v) is 6.54. The first-order valence-electron chi connectivity index (χ1n) is 5.10. The van der Waals surface area contributed by atoms with Gasteiger partial charge in [0, 0.05) is 0 Å². The molecule has 1 aromatic rings. The van der Waals surface area contributed by atoms with Gasteiger partial charge in [-0.1, -0.05) is 30.3 Å². The lowest BCUT2D eigenvalue weighted by atomic mass is 10.1. The van der Waals surface area contributed by atoms with Crippen LogP contribution in [0.2, 0.25) is 0 Å². The zero-order chi connectivity index (χ0) is 12.4. The lowest BCUT2D eigenvalue weighted by molar-refractivity contribution is 0.562. The van der Waals surface area contributed by atoms with Gasteiger partial charge < -0.3 is 0 Å². The van der Waals surface area contributed by atoms with Gasteiger partial charge in [-0.2, -0.15) is 4.40 Å². The van der Waals surface area contributed by atoms with Crippen LogP contribution in [-0.2, 0) is 10.0 Å². The third-order valence-corrected chi connectivity index (χ3v) is 4.28. The summed E-state index contributed by atoms with van der Waals surface area (Å²) >= 11 is 0. The molecule has 0 aliphatic heterocycles. The van der Waals surface area contributed by atoms with E-state index in [1.165, 1.54) is 0 Å². The van der Waals surface area contributed by atoms with Gasteiger partial charge in [0.2, 0.25) is 0 Å². The number of rotatable bonds is 2. The van der Waals surface area contributed by atoms with Crippen molar-refractivity contribution in [1.82, 2.24) is 0 Å². The van der Waals surface area contributed by atoms with E-state index < -0.39 is 14.8 Å². The van der Waals surface area contributed by atoms with Crippen LogP contribution in [0.5, 0.6) is 0 Å². The SMILES string of the molecule is CC(=NS(=O)(=O)C(C)(C)C)c1ccccc1. The Hall–Kier alpha value is -1.16. The molecule has 0 spiro atoms. The average molecular weight is 239 g/mol. The molecular formula is C12H17NO2S. The van der Waals surface area contributed by atoms with Crippen molar-refractivity contribution in [3.63, 3.8) is 0 Å². The van der Waals surface area contributed by atoms with E-state index in [4.69, 9.17) is 0 Å². The van der Waals surface area contributed by atoms with Gasteiger partial charge in [0.1, 0.15) is 0 Å². The van der Waals surface area contributed by atoms with Crippen LogP contribution in [0.4, 0.5) is 0 Å². The van der Waals surface area contributed by atoms with Gasteiger partial charge in [-0.25, -0.2) is 8.42 Å². The Morgan fingerprint density at radius 1 is 1.12 bits per heavy atom. The Kier molecular flexibility index (Phi) is 3.53. The van der Waals surface area contributed by atoms with Crippen LogP contribution >= 0.6 is 0 Å². The normalized spacial score (nSPS) is 13.9. The maximum absolute atomic E-state index is 11.8. The molecule has 0 radical (unpaired) electrons. The highest BCUT2D eigenvalue weighted by Crippen LogP contribution is 2.18. The standard InChI is InChI=1S/C12H17NO2S/c1-10(11-8-6-5-7-9-11)13-16(14,15)12(2,3)4/h5-9H,1-4H3. The fourth-order valence-corrected chi connectivity index (χ4v) is 1.79. The lowest BCUT2D eigenvalue weighted by Crippen LogP contribution is -2.26. The van der Waals surface area contributed by atoms with Crippen molar-refractivity contribution in [3.05, 3.63) is 35.9 Å². The van der Waals surface area contributed by atoms with E-state index >= 15 is 0 Å². The van der Waals surface area contributed by atoms with Crippen LogP contribution in [0.15, 0.2) is 34.7 Å². The van der Waals surface area contributed by atoms with Crippen molar-refractivity contribution in [3.8, 4) is 0 Å². The Balaban J connectivity index is 3.13. The van der Waals surface area contributed by atoms with Gasteiger partial charge in [-0.15, -0.1) is 0 Å². The molecule has 0 aliphatic carbocycles. The summed E-state index contributed by atoms with van der Waals surface area (Å²) in [6.45, 7) is 6.64. The van der Waals surface area contributed by atoms with Gasteiger partial charge in [-0.3, -0.25) is 0 Å². The highest BCUT2D eigenvalue weighted by atomic mass is 32.2. The Labute approximate surface area is 97.3 Å². The Morgan fingerprint density at radius 3 is 2.06 bits per heavy atom. The highest BCUT2D eigenvalue weighted by molar-refractivity contribution is 7.91. The van der Waals surface area contributed by atoms with Crippen molar-refractivity contribution < 1.29 is 8.42 Å². The van der Waals surface area contributed by atoms with Gasteiger partial charge in [0.05, 0.1) is 10.5 Å². The van der Waals surface area contributed by atoms with E-state index in [2.05, 4.69) is 4.40 Å². The summed E-state index contributed by atoms with van der Waals surface area (Å²) in [6, 6.07) is 9.29. The molecule has 0 fully saturated rings. The molecular weight excluding hydrogens is 222 g/mol. The summed E-state index contributed by atoms with van der Waals surface area (Å²) in [6.07, 6.45) is 0. The number of hydrogen-bond donors (Lipinski definition) is 0. The van der Waals surface area contributed by atoms with Crippen molar-refractivity contribution >= 4 is 15.7 Å². The Morgan fingerprint density at radius 2 is 1.62 bits per heavy atom. The summed E-state index contributed by atoms with van der Waals surface area (Å²) in [5, 5.41) is 0. The molecule has 1 aromatic carbocycles. The molecule has 88 valence electrons. The molecule has 0 bridgehead atoms. The van der Waals surface area contributed by atoms with Gasteiger partial charge in [-0.05, 0) is 33.3 Å². The van der Waals surface area contributed by atoms with Gasteiger partial charge in [0.15, 0.2) is 0 Å². The summed E-state index contributed by atoms with van der Waals surface area (Å²) in [5.41, 5.74) is 1.35. The summed E-state index contributed by atoms with van der Waals surface area (Å²) in [4.78, 5) is 0. The maximum atomic E-state index is 11.8. The highest BCUT2D eigenvalue weighted by Gasteiger charge is 2.28. The third kappa shape index (κ3) is 2.92. The summed E-state index contributed by atoms with van der Waals surface area (Å²) in [7, 11) is -3.46. The summed E-state index contributed by atoms with van der Waals surface area (Å²) < 4.78 is 26.7. The molecule has 4 heteroatoms. The summed E-state index contributed by atoms with van der Waals surface area (Å²) in [5.74, 6) is 0. The minimum Gasteiger partial charge on any atom is -0.204 e. The first-order chi connectivity index (χ1) is 7.24. The van der Waals surface area contributed by atoms with E-state index in [0.717, 1.165) is 5.56 Å². The fraction of sp³-hybridized carbons (Fsp3) is 0.417. The second kappa shape index (κ2) is 4.37. The zero-order valence-corrected chi connectivity index (χ0v) is 10.9. The maximum Gasteiger partial charge on any atom is 0.258 e. The molecule has 0 amide bonds. The zero-order valence-electron chi connectivity index (χ0n) is 10.1. The molecule has 0 unspecified atom stereocenters. The van der Waals surface area contributed by atoms with E-state index in [0.29, 0.717) is 5.71 Å². The van der Waals surface area contributed by atoms with E-state index in [1.54, 1.807) is 27.7 Å². The van der Waals surface area contributed by atoms with Crippen LogP contribution < -0.4 is 0 Å². The molecule has 16 heavy (non-hydrogen) atoms. The predicted octanol–water partition coefficient (Wildman–Crippen LogP) is 2.62. The molecule has 0 heterocycles. The first kappa shape index (κ1) is 12.9. The van der Waals surface area contributed by atoms with Crippen LogP contribution in [-0.4, -0.2) is 18.9 Å². The van der Waals surface area contributed by atoms with E-state index in [-0.39, 0.29) is 0 Å². The van der Waals surface area contributed by atoms with Crippen LogP contribution in [0.3, 0.4) is 0 Å². The predicted molar refractivity (Wildman–Crippen MR) is 67.3 cm³/mol. The van der Waals surface area contributed by atoms with Crippen molar-refractivity contribution in [2.24, 2.45) is 4.40 Å².